The Balaban J connectivity index is 1.30. The number of anilines is 2. The van der Waals surface area contributed by atoms with E-state index in [0.29, 0.717) is 16.5 Å². The molecule has 0 saturated heterocycles. The van der Waals surface area contributed by atoms with Crippen molar-refractivity contribution in [3.8, 4) is 0 Å². The fraction of sp³-hybridized carbons (Fsp3) is 0.250. The fourth-order valence-corrected chi connectivity index (χ4v) is 5.07. The molecule has 1 fully saturated rings. The van der Waals surface area contributed by atoms with Gasteiger partial charge in [-0.1, -0.05) is 48.5 Å². The molecule has 6 nitrogen and oxygen atoms in total. The van der Waals surface area contributed by atoms with E-state index in [4.69, 9.17) is 4.74 Å². The Kier molecular flexibility index (Phi) is 6.86. The van der Waals surface area contributed by atoms with Crippen LogP contribution in [0.2, 0.25) is 0 Å². The SMILES string of the molecule is O=C(CSc1ccccc1C(=O)OCC(=O)N1c2ccccc2CCc2ccccc21)NC1CC1. The molecule has 0 atom stereocenters. The molecule has 0 radical (unpaired) electrons. The van der Waals surface area contributed by atoms with Crippen LogP contribution in [-0.4, -0.2) is 36.2 Å². The summed E-state index contributed by atoms with van der Waals surface area (Å²) < 4.78 is 5.49. The highest BCUT2D eigenvalue weighted by Gasteiger charge is 2.27. The zero-order chi connectivity index (χ0) is 24.2. The lowest BCUT2D eigenvalue weighted by molar-refractivity contribution is -0.121. The van der Waals surface area contributed by atoms with E-state index >= 15 is 0 Å². The third-order valence-electron chi connectivity index (χ3n) is 6.11. The van der Waals surface area contributed by atoms with E-state index in [1.165, 1.54) is 11.8 Å². The van der Waals surface area contributed by atoms with Gasteiger partial charge in [0.2, 0.25) is 5.91 Å². The number of benzene rings is 3. The van der Waals surface area contributed by atoms with Gasteiger partial charge in [0.25, 0.3) is 5.91 Å². The highest BCUT2D eigenvalue weighted by molar-refractivity contribution is 8.00. The largest absolute Gasteiger partial charge is 0.452 e. The van der Waals surface area contributed by atoms with Crippen molar-refractivity contribution in [3.05, 3.63) is 89.5 Å². The molecule has 1 aliphatic carbocycles. The van der Waals surface area contributed by atoms with Crippen LogP contribution in [0.25, 0.3) is 0 Å². The third kappa shape index (κ3) is 5.41. The molecule has 1 aliphatic heterocycles. The van der Waals surface area contributed by atoms with Gasteiger partial charge in [-0.25, -0.2) is 4.79 Å². The number of amides is 2. The van der Waals surface area contributed by atoms with Gasteiger partial charge in [0.15, 0.2) is 6.61 Å². The second-order valence-electron chi connectivity index (χ2n) is 8.69. The summed E-state index contributed by atoms with van der Waals surface area (Å²) in [5, 5.41) is 2.94. The van der Waals surface area contributed by atoms with Gasteiger partial charge in [0.05, 0.1) is 22.7 Å². The maximum atomic E-state index is 13.4. The Morgan fingerprint density at radius 1 is 0.857 bits per heavy atom. The zero-order valence-corrected chi connectivity index (χ0v) is 20.1. The number of thioether (sulfide) groups is 1. The first kappa shape index (κ1) is 23.2. The average molecular weight is 487 g/mol. The van der Waals surface area contributed by atoms with Gasteiger partial charge in [-0.15, -0.1) is 11.8 Å². The van der Waals surface area contributed by atoms with E-state index in [1.807, 2.05) is 54.6 Å². The van der Waals surface area contributed by atoms with Crippen LogP contribution in [0.3, 0.4) is 0 Å². The molecule has 1 heterocycles. The standard InChI is InChI=1S/C28H26N2O4S/c31-26(29-21-15-16-21)18-35-25-12-6-3-9-22(25)28(33)34-17-27(32)30-23-10-4-1-7-19(23)13-14-20-8-2-5-11-24(20)30/h1-12,21H,13-18H2,(H,29,31). The maximum absolute atomic E-state index is 13.4. The Morgan fingerprint density at radius 3 is 2.11 bits per heavy atom. The van der Waals surface area contributed by atoms with Crippen LogP contribution in [0.4, 0.5) is 11.4 Å². The van der Waals surface area contributed by atoms with Crippen LogP contribution >= 0.6 is 11.8 Å². The number of carbonyl (C=O) groups excluding carboxylic acids is 3. The summed E-state index contributed by atoms with van der Waals surface area (Å²) in [5.41, 5.74) is 4.14. The molecular weight excluding hydrogens is 460 g/mol. The van der Waals surface area contributed by atoms with Crippen LogP contribution in [-0.2, 0) is 27.2 Å². The number of ether oxygens (including phenoxy) is 1. The first-order chi connectivity index (χ1) is 17.1. The second kappa shape index (κ2) is 10.4. The van der Waals surface area contributed by atoms with Crippen molar-refractivity contribution in [3.63, 3.8) is 0 Å². The summed E-state index contributed by atoms with van der Waals surface area (Å²) in [6.45, 7) is -0.386. The minimum Gasteiger partial charge on any atom is -0.452 e. The zero-order valence-electron chi connectivity index (χ0n) is 19.2. The highest BCUT2D eigenvalue weighted by Crippen LogP contribution is 2.36. The summed E-state index contributed by atoms with van der Waals surface area (Å²) in [5.74, 6) is -0.718. The number of rotatable bonds is 7. The number of nitrogens with one attached hydrogen (secondary N) is 1. The summed E-state index contributed by atoms with van der Waals surface area (Å²) in [4.78, 5) is 40.7. The smallest absolute Gasteiger partial charge is 0.339 e. The summed E-state index contributed by atoms with van der Waals surface area (Å²) in [6, 6.07) is 23.0. The third-order valence-corrected chi connectivity index (χ3v) is 7.19. The number of esters is 1. The molecule has 0 spiro atoms. The van der Waals surface area contributed by atoms with Crippen molar-refractivity contribution in [2.24, 2.45) is 0 Å². The predicted molar refractivity (Wildman–Crippen MR) is 136 cm³/mol. The lowest BCUT2D eigenvalue weighted by Crippen LogP contribution is -2.31. The molecule has 0 unspecified atom stereocenters. The van der Waals surface area contributed by atoms with Crippen molar-refractivity contribution < 1.29 is 19.1 Å². The van der Waals surface area contributed by atoms with Crippen molar-refractivity contribution in [2.45, 2.75) is 36.6 Å². The molecule has 0 aromatic heterocycles. The first-order valence-electron chi connectivity index (χ1n) is 11.8. The number of hydrogen-bond acceptors (Lipinski definition) is 5. The van der Waals surface area contributed by atoms with E-state index < -0.39 is 5.97 Å². The van der Waals surface area contributed by atoms with Crippen LogP contribution in [0.15, 0.2) is 77.7 Å². The Hall–Kier alpha value is -3.58. The molecule has 2 amide bonds. The Bertz CT molecular complexity index is 1220. The number of carbonyl (C=O) groups is 3. The van der Waals surface area contributed by atoms with Gasteiger partial charge in [-0.3, -0.25) is 14.5 Å². The van der Waals surface area contributed by atoms with E-state index in [2.05, 4.69) is 5.32 Å². The predicted octanol–water partition coefficient (Wildman–Crippen LogP) is 4.68. The second-order valence-corrected chi connectivity index (χ2v) is 9.71. The summed E-state index contributed by atoms with van der Waals surface area (Å²) >= 11 is 1.29. The maximum Gasteiger partial charge on any atom is 0.339 e. The van der Waals surface area contributed by atoms with Gasteiger partial charge in [0, 0.05) is 10.9 Å². The van der Waals surface area contributed by atoms with Gasteiger partial charge in [-0.2, -0.15) is 0 Å². The lowest BCUT2D eigenvalue weighted by atomic mass is 10.0. The van der Waals surface area contributed by atoms with Gasteiger partial charge in [0.1, 0.15) is 0 Å². The topological polar surface area (TPSA) is 75.7 Å². The van der Waals surface area contributed by atoms with Crippen LogP contribution in [0, 0.1) is 0 Å². The molecular formula is C28H26N2O4S. The number of hydrogen-bond donors (Lipinski definition) is 1. The molecule has 3 aromatic carbocycles. The van der Waals surface area contributed by atoms with E-state index in [9.17, 15) is 14.4 Å². The van der Waals surface area contributed by atoms with Crippen LogP contribution in [0.5, 0.6) is 0 Å². The minimum absolute atomic E-state index is 0.0469. The van der Waals surface area contributed by atoms with Crippen molar-refractivity contribution in [2.75, 3.05) is 17.3 Å². The van der Waals surface area contributed by atoms with Crippen molar-refractivity contribution in [1.82, 2.24) is 5.32 Å². The fourth-order valence-electron chi connectivity index (χ4n) is 4.22. The van der Waals surface area contributed by atoms with Gasteiger partial charge >= 0.3 is 5.97 Å². The lowest BCUT2D eigenvalue weighted by Gasteiger charge is -2.24. The quantitative estimate of drug-likeness (QED) is 0.388. The highest BCUT2D eigenvalue weighted by atomic mass is 32.2. The van der Waals surface area contributed by atoms with E-state index in [-0.39, 0.29) is 24.2 Å². The first-order valence-corrected chi connectivity index (χ1v) is 12.8. The molecule has 0 bridgehead atoms. The molecule has 7 heteroatoms. The molecule has 5 rings (SSSR count). The summed E-state index contributed by atoms with van der Waals surface area (Å²) in [6.07, 6.45) is 3.71. The normalized spacial score (nSPS) is 14.3. The number of para-hydroxylation sites is 2. The Labute approximate surface area is 208 Å². The number of aryl methyl sites for hydroxylation is 2. The monoisotopic (exact) mass is 486 g/mol. The molecule has 1 N–H and O–H groups in total. The average Bonchev–Trinajstić information content (AvgIpc) is 3.71. The van der Waals surface area contributed by atoms with Gasteiger partial charge in [-0.05, 0) is 61.1 Å². The van der Waals surface area contributed by atoms with Crippen LogP contribution < -0.4 is 10.2 Å². The Morgan fingerprint density at radius 2 is 1.46 bits per heavy atom. The van der Waals surface area contributed by atoms with Crippen molar-refractivity contribution >= 4 is 40.9 Å². The van der Waals surface area contributed by atoms with Crippen molar-refractivity contribution in [1.29, 1.82) is 0 Å². The van der Waals surface area contributed by atoms with Gasteiger partial charge < -0.3 is 10.1 Å². The molecule has 178 valence electrons. The summed E-state index contributed by atoms with van der Waals surface area (Å²) in [7, 11) is 0. The number of fused-ring (bicyclic) bond motifs is 2. The minimum atomic E-state index is -0.583. The van der Waals surface area contributed by atoms with E-state index in [1.54, 1.807) is 23.1 Å². The van der Waals surface area contributed by atoms with Crippen LogP contribution in [0.1, 0.15) is 34.3 Å². The molecule has 1 saturated carbocycles. The molecule has 35 heavy (non-hydrogen) atoms. The molecule has 3 aromatic rings. The van der Waals surface area contributed by atoms with E-state index in [0.717, 1.165) is 48.2 Å². The molecule has 2 aliphatic rings. The number of nitrogens with zero attached hydrogens (tertiary/aromatic N) is 1.